The van der Waals surface area contributed by atoms with E-state index in [2.05, 4.69) is 19.9 Å². The molecule has 0 amide bonds. The predicted molar refractivity (Wildman–Crippen MR) is 65.0 cm³/mol. The van der Waals surface area contributed by atoms with Gasteiger partial charge in [0.15, 0.2) is 0 Å². The lowest BCUT2D eigenvalue weighted by molar-refractivity contribution is 0.177. The SMILES string of the molecule is Nc1nc(Cl)nc(OCCN2CCCCC2)n1. The normalized spacial score (nSPS) is 17.0. The highest BCUT2D eigenvalue weighted by atomic mass is 35.5. The molecule has 0 saturated carbocycles. The van der Waals surface area contributed by atoms with E-state index in [-0.39, 0.29) is 17.2 Å². The Morgan fingerprint density at radius 1 is 1.18 bits per heavy atom. The number of likely N-dealkylation sites (tertiary alicyclic amines) is 1. The highest BCUT2D eigenvalue weighted by Crippen LogP contribution is 2.10. The molecule has 0 bridgehead atoms. The second-order valence-electron chi connectivity index (χ2n) is 4.00. The van der Waals surface area contributed by atoms with Gasteiger partial charge in [0, 0.05) is 6.54 Å². The summed E-state index contributed by atoms with van der Waals surface area (Å²) >= 11 is 5.65. The van der Waals surface area contributed by atoms with Crippen molar-refractivity contribution in [3.63, 3.8) is 0 Å². The van der Waals surface area contributed by atoms with Gasteiger partial charge in [0.1, 0.15) is 6.61 Å². The van der Waals surface area contributed by atoms with Gasteiger partial charge in [-0.05, 0) is 37.5 Å². The molecule has 0 atom stereocenters. The maximum atomic E-state index is 5.65. The monoisotopic (exact) mass is 257 g/mol. The molecule has 2 heterocycles. The van der Waals surface area contributed by atoms with Crippen LogP contribution < -0.4 is 10.5 Å². The number of nitrogens with zero attached hydrogens (tertiary/aromatic N) is 4. The molecule has 0 aliphatic carbocycles. The molecule has 2 rings (SSSR count). The predicted octanol–water partition coefficient (Wildman–Crippen LogP) is 0.972. The molecule has 0 radical (unpaired) electrons. The Labute approximate surface area is 105 Å². The first-order valence-corrected chi connectivity index (χ1v) is 6.14. The maximum Gasteiger partial charge on any atom is 0.322 e. The van der Waals surface area contributed by atoms with E-state index in [0.717, 1.165) is 19.6 Å². The summed E-state index contributed by atoms with van der Waals surface area (Å²) in [5.74, 6) is 0.0815. The zero-order chi connectivity index (χ0) is 12.1. The van der Waals surface area contributed by atoms with Gasteiger partial charge in [-0.1, -0.05) is 6.42 Å². The van der Waals surface area contributed by atoms with E-state index in [9.17, 15) is 0 Å². The van der Waals surface area contributed by atoms with Gasteiger partial charge in [-0.2, -0.15) is 15.0 Å². The van der Waals surface area contributed by atoms with Gasteiger partial charge in [0.2, 0.25) is 11.2 Å². The fourth-order valence-corrected chi connectivity index (χ4v) is 2.02. The topological polar surface area (TPSA) is 77.2 Å². The van der Waals surface area contributed by atoms with E-state index < -0.39 is 0 Å². The Hall–Kier alpha value is -1.14. The van der Waals surface area contributed by atoms with Crippen molar-refractivity contribution < 1.29 is 4.74 Å². The van der Waals surface area contributed by atoms with Gasteiger partial charge in [-0.25, -0.2) is 0 Å². The summed E-state index contributed by atoms with van der Waals surface area (Å²) < 4.78 is 5.40. The lowest BCUT2D eigenvalue weighted by atomic mass is 10.1. The van der Waals surface area contributed by atoms with Crippen LogP contribution in [-0.2, 0) is 0 Å². The van der Waals surface area contributed by atoms with E-state index in [4.69, 9.17) is 22.1 Å². The number of nitrogen functional groups attached to an aromatic ring is 1. The molecule has 0 spiro atoms. The van der Waals surface area contributed by atoms with Crippen molar-refractivity contribution in [2.45, 2.75) is 19.3 Å². The average Bonchev–Trinajstić information content (AvgIpc) is 2.29. The highest BCUT2D eigenvalue weighted by Gasteiger charge is 2.10. The van der Waals surface area contributed by atoms with Gasteiger partial charge in [-0.3, -0.25) is 4.90 Å². The third-order valence-electron chi connectivity index (χ3n) is 2.69. The van der Waals surface area contributed by atoms with E-state index in [1.54, 1.807) is 0 Å². The lowest BCUT2D eigenvalue weighted by Gasteiger charge is -2.25. The Morgan fingerprint density at radius 3 is 2.65 bits per heavy atom. The molecule has 1 aromatic heterocycles. The van der Waals surface area contributed by atoms with Crippen molar-refractivity contribution in [3.05, 3.63) is 5.28 Å². The molecule has 1 aromatic rings. The summed E-state index contributed by atoms with van der Waals surface area (Å²) in [6.07, 6.45) is 3.87. The first-order valence-electron chi connectivity index (χ1n) is 5.76. The summed E-state index contributed by atoms with van der Waals surface area (Å²) in [5.41, 5.74) is 5.44. The number of rotatable bonds is 4. The van der Waals surface area contributed by atoms with Gasteiger partial charge < -0.3 is 10.5 Å². The molecular formula is C10H16ClN5O. The zero-order valence-corrected chi connectivity index (χ0v) is 10.4. The number of ether oxygens (including phenoxy) is 1. The zero-order valence-electron chi connectivity index (χ0n) is 9.60. The van der Waals surface area contributed by atoms with Crippen LogP contribution in [0.3, 0.4) is 0 Å². The molecule has 1 aliphatic heterocycles. The standard InChI is InChI=1S/C10H16ClN5O/c11-8-13-9(12)15-10(14-8)17-7-6-16-4-2-1-3-5-16/h1-7H2,(H2,12,13,14,15). The van der Waals surface area contributed by atoms with Crippen LogP contribution >= 0.6 is 11.6 Å². The summed E-state index contributed by atoms with van der Waals surface area (Å²) in [6, 6.07) is 0.194. The first-order chi connectivity index (χ1) is 8.24. The van der Waals surface area contributed by atoms with Crippen LogP contribution in [-0.4, -0.2) is 46.1 Å². The lowest BCUT2D eigenvalue weighted by Crippen LogP contribution is -2.33. The minimum atomic E-state index is 0.0606. The number of hydrogen-bond acceptors (Lipinski definition) is 6. The van der Waals surface area contributed by atoms with Crippen LogP contribution in [0.2, 0.25) is 5.28 Å². The van der Waals surface area contributed by atoms with Gasteiger partial charge in [0.05, 0.1) is 0 Å². The molecule has 1 saturated heterocycles. The molecule has 1 aliphatic rings. The van der Waals surface area contributed by atoms with Crippen LogP contribution in [0.4, 0.5) is 5.95 Å². The Kier molecular flexibility index (Phi) is 4.33. The minimum Gasteiger partial charge on any atom is -0.462 e. The minimum absolute atomic E-state index is 0.0606. The van der Waals surface area contributed by atoms with Crippen LogP contribution in [0.25, 0.3) is 0 Å². The van der Waals surface area contributed by atoms with Crippen LogP contribution in [0.1, 0.15) is 19.3 Å². The molecule has 94 valence electrons. The average molecular weight is 258 g/mol. The Bertz CT molecular complexity index is 349. The second-order valence-corrected chi connectivity index (χ2v) is 4.33. The summed E-state index contributed by atoms with van der Waals surface area (Å²) in [4.78, 5) is 13.7. The maximum absolute atomic E-state index is 5.65. The Morgan fingerprint density at radius 2 is 1.94 bits per heavy atom. The van der Waals surface area contributed by atoms with Crippen molar-refractivity contribution in [1.82, 2.24) is 19.9 Å². The third kappa shape index (κ3) is 3.98. The quantitative estimate of drug-likeness (QED) is 0.866. The smallest absolute Gasteiger partial charge is 0.322 e. The summed E-state index contributed by atoms with van der Waals surface area (Å²) in [6.45, 7) is 3.70. The molecular weight excluding hydrogens is 242 g/mol. The van der Waals surface area contributed by atoms with Crippen molar-refractivity contribution in [2.24, 2.45) is 0 Å². The second kappa shape index (κ2) is 5.97. The van der Waals surface area contributed by atoms with Crippen LogP contribution in [0, 0.1) is 0 Å². The van der Waals surface area contributed by atoms with Crippen molar-refractivity contribution in [3.8, 4) is 6.01 Å². The largest absolute Gasteiger partial charge is 0.462 e. The number of piperidine rings is 1. The van der Waals surface area contributed by atoms with Gasteiger partial charge in [-0.15, -0.1) is 0 Å². The van der Waals surface area contributed by atoms with Crippen molar-refractivity contribution in [1.29, 1.82) is 0 Å². The molecule has 0 unspecified atom stereocenters. The number of hydrogen-bond donors (Lipinski definition) is 1. The van der Waals surface area contributed by atoms with E-state index in [0.29, 0.717) is 6.61 Å². The summed E-state index contributed by atoms with van der Waals surface area (Å²) in [7, 11) is 0. The fraction of sp³-hybridized carbons (Fsp3) is 0.700. The first kappa shape index (κ1) is 12.3. The van der Waals surface area contributed by atoms with E-state index in [1.165, 1.54) is 19.3 Å². The fourth-order valence-electron chi connectivity index (χ4n) is 1.86. The molecule has 6 nitrogen and oxygen atoms in total. The van der Waals surface area contributed by atoms with Crippen LogP contribution in [0.5, 0.6) is 6.01 Å². The van der Waals surface area contributed by atoms with Gasteiger partial charge >= 0.3 is 6.01 Å². The Balaban J connectivity index is 1.77. The number of nitrogens with two attached hydrogens (primary N) is 1. The number of anilines is 1. The van der Waals surface area contributed by atoms with Gasteiger partial charge in [0.25, 0.3) is 0 Å². The van der Waals surface area contributed by atoms with E-state index >= 15 is 0 Å². The third-order valence-corrected chi connectivity index (χ3v) is 2.86. The molecule has 17 heavy (non-hydrogen) atoms. The molecule has 0 aromatic carbocycles. The van der Waals surface area contributed by atoms with Crippen LogP contribution in [0.15, 0.2) is 0 Å². The number of aromatic nitrogens is 3. The molecule has 2 N–H and O–H groups in total. The highest BCUT2D eigenvalue weighted by molar-refractivity contribution is 6.28. The van der Waals surface area contributed by atoms with E-state index in [1.807, 2.05) is 0 Å². The number of halogens is 1. The van der Waals surface area contributed by atoms with Crippen molar-refractivity contribution >= 4 is 17.5 Å². The summed E-state index contributed by atoms with van der Waals surface area (Å²) in [5, 5.41) is 0.0606. The molecule has 1 fully saturated rings. The van der Waals surface area contributed by atoms with Crippen molar-refractivity contribution in [2.75, 3.05) is 32.0 Å². The molecule has 7 heteroatoms.